The van der Waals surface area contributed by atoms with Crippen LogP contribution in [0.15, 0.2) is 42.5 Å². The van der Waals surface area contributed by atoms with Crippen molar-refractivity contribution in [3.8, 4) is 0 Å². The molecule has 0 fully saturated rings. The Hall–Kier alpha value is -2.67. The molecule has 0 bridgehead atoms. The van der Waals surface area contributed by atoms with Crippen LogP contribution >= 0.6 is 0 Å². The Bertz CT molecular complexity index is 1080. The number of anilines is 1. The van der Waals surface area contributed by atoms with Gasteiger partial charge in [0.2, 0.25) is 0 Å². The van der Waals surface area contributed by atoms with Crippen molar-refractivity contribution in [2.75, 3.05) is 11.2 Å². The first-order valence-electron chi connectivity index (χ1n) is 9.78. The van der Waals surface area contributed by atoms with Crippen molar-refractivity contribution < 1.29 is 22.7 Å². The van der Waals surface area contributed by atoms with Crippen LogP contribution in [0.2, 0.25) is 0 Å². The van der Waals surface area contributed by atoms with Crippen molar-refractivity contribution in [2.45, 2.75) is 51.5 Å². The number of ether oxygens (including phenoxy) is 1. The van der Waals surface area contributed by atoms with Gasteiger partial charge in [-0.1, -0.05) is 24.3 Å². The van der Waals surface area contributed by atoms with Crippen LogP contribution in [0.25, 0.3) is 0 Å². The van der Waals surface area contributed by atoms with Crippen molar-refractivity contribution in [3.63, 3.8) is 0 Å². The molecule has 0 N–H and O–H groups in total. The van der Waals surface area contributed by atoms with Gasteiger partial charge in [0.15, 0.2) is 9.84 Å². The number of sulfone groups is 1. The molecular weight excluding hydrogens is 402 g/mol. The first kappa shape index (κ1) is 22.0. The first-order valence-corrected chi connectivity index (χ1v) is 11.8. The van der Waals surface area contributed by atoms with Crippen molar-refractivity contribution in [3.05, 3.63) is 64.7 Å². The zero-order valence-electron chi connectivity index (χ0n) is 17.9. The smallest absolute Gasteiger partial charge is 0.313 e. The van der Waals surface area contributed by atoms with E-state index in [-0.39, 0.29) is 17.6 Å². The molecule has 160 valence electrons. The summed E-state index contributed by atoms with van der Waals surface area (Å²) in [5.41, 5.74) is 2.99. The number of hydrogen-bond acceptors (Lipinski definition) is 5. The fourth-order valence-corrected chi connectivity index (χ4v) is 4.20. The Balaban J connectivity index is 1.77. The normalized spacial score (nSPS) is 15.1. The molecular formula is C23H27NO5S. The predicted molar refractivity (Wildman–Crippen MR) is 116 cm³/mol. The summed E-state index contributed by atoms with van der Waals surface area (Å²) in [5, 5.41) is 0. The van der Waals surface area contributed by atoms with Crippen LogP contribution in [0, 0.1) is 0 Å². The van der Waals surface area contributed by atoms with Gasteiger partial charge in [0.05, 0.1) is 18.2 Å². The van der Waals surface area contributed by atoms with E-state index in [1.807, 2.05) is 51.1 Å². The molecule has 0 radical (unpaired) electrons. The molecule has 0 spiro atoms. The lowest BCUT2D eigenvalue weighted by Gasteiger charge is -2.23. The third-order valence-electron chi connectivity index (χ3n) is 4.87. The van der Waals surface area contributed by atoms with E-state index in [1.54, 1.807) is 24.0 Å². The zero-order valence-corrected chi connectivity index (χ0v) is 18.7. The lowest BCUT2D eigenvalue weighted by Crippen LogP contribution is -2.27. The highest BCUT2D eigenvalue weighted by molar-refractivity contribution is 7.89. The number of amides is 1. The second kappa shape index (κ2) is 7.87. The number of nitrogens with zero attached hydrogens (tertiary/aromatic N) is 1. The number of esters is 1. The monoisotopic (exact) mass is 429 g/mol. The van der Waals surface area contributed by atoms with Crippen molar-refractivity contribution >= 4 is 27.4 Å². The quantitative estimate of drug-likeness (QED) is 0.675. The summed E-state index contributed by atoms with van der Waals surface area (Å²) >= 11 is 0. The molecule has 0 aliphatic carbocycles. The molecule has 1 aliphatic heterocycles. The summed E-state index contributed by atoms with van der Waals surface area (Å²) in [5.74, 6) is -0.958. The van der Waals surface area contributed by atoms with E-state index in [0.717, 1.165) is 16.8 Å². The van der Waals surface area contributed by atoms with Crippen LogP contribution < -0.4 is 4.90 Å². The maximum absolute atomic E-state index is 12.9. The van der Waals surface area contributed by atoms with E-state index in [9.17, 15) is 18.0 Å². The average molecular weight is 430 g/mol. The SMILES string of the molecule is CC(C(=O)OC(C)(C)C)c1ccc(N2Cc3ccc(CS(C)(=O)=O)cc3C2=O)cc1. The third-order valence-corrected chi connectivity index (χ3v) is 5.73. The highest BCUT2D eigenvalue weighted by Gasteiger charge is 2.29. The number of carbonyl (C=O) groups is 2. The lowest BCUT2D eigenvalue weighted by molar-refractivity contribution is -0.156. The molecule has 2 aromatic rings. The molecule has 7 heteroatoms. The van der Waals surface area contributed by atoms with Gasteiger partial charge in [-0.2, -0.15) is 0 Å². The summed E-state index contributed by atoms with van der Waals surface area (Å²) < 4.78 is 28.5. The Morgan fingerprint density at radius 2 is 1.77 bits per heavy atom. The van der Waals surface area contributed by atoms with E-state index in [4.69, 9.17) is 4.74 Å². The number of carbonyl (C=O) groups excluding carboxylic acids is 2. The van der Waals surface area contributed by atoms with E-state index >= 15 is 0 Å². The number of hydrogen-bond donors (Lipinski definition) is 0. The first-order chi connectivity index (χ1) is 13.8. The fourth-order valence-electron chi connectivity index (χ4n) is 3.42. The second-order valence-corrected chi connectivity index (χ2v) is 10.9. The van der Waals surface area contributed by atoms with Gasteiger partial charge in [-0.15, -0.1) is 0 Å². The molecule has 1 atom stereocenters. The summed E-state index contributed by atoms with van der Waals surface area (Å²) in [6.07, 6.45) is 1.17. The molecule has 1 amide bonds. The van der Waals surface area contributed by atoms with Crippen molar-refractivity contribution in [2.24, 2.45) is 0 Å². The van der Waals surface area contributed by atoms with Gasteiger partial charge in [-0.05, 0) is 62.6 Å². The summed E-state index contributed by atoms with van der Waals surface area (Å²) in [7, 11) is -3.17. The highest BCUT2D eigenvalue weighted by Crippen LogP contribution is 2.31. The van der Waals surface area contributed by atoms with Gasteiger partial charge >= 0.3 is 5.97 Å². The number of fused-ring (bicyclic) bond motifs is 1. The molecule has 0 saturated carbocycles. The molecule has 1 heterocycles. The van der Waals surface area contributed by atoms with E-state index in [1.165, 1.54) is 6.26 Å². The minimum atomic E-state index is -3.17. The van der Waals surface area contributed by atoms with Gasteiger partial charge in [0, 0.05) is 17.5 Å². The Kier molecular flexibility index (Phi) is 5.78. The average Bonchev–Trinajstić information content (AvgIpc) is 2.95. The standard InChI is InChI=1S/C23H27NO5S/c1-15(22(26)29-23(2,3)4)17-8-10-19(11-9-17)24-13-18-7-6-16(14-30(5,27)28)12-20(18)21(24)25/h6-12,15H,13-14H2,1-5H3. The lowest BCUT2D eigenvalue weighted by atomic mass is 10.0. The minimum Gasteiger partial charge on any atom is -0.460 e. The third kappa shape index (κ3) is 5.08. The Labute approximate surface area is 177 Å². The van der Waals surface area contributed by atoms with Crippen LogP contribution in [0.1, 0.15) is 60.7 Å². The van der Waals surface area contributed by atoms with Crippen LogP contribution in [-0.4, -0.2) is 32.2 Å². The zero-order chi connectivity index (χ0) is 22.3. The van der Waals surface area contributed by atoms with Gasteiger partial charge in [-0.25, -0.2) is 8.42 Å². The molecule has 1 aliphatic rings. The van der Waals surface area contributed by atoms with Crippen molar-refractivity contribution in [1.82, 2.24) is 0 Å². The molecule has 6 nitrogen and oxygen atoms in total. The molecule has 0 aromatic heterocycles. The summed E-state index contributed by atoms with van der Waals surface area (Å²) in [6.45, 7) is 7.72. The molecule has 3 rings (SSSR count). The maximum atomic E-state index is 12.9. The molecule has 30 heavy (non-hydrogen) atoms. The van der Waals surface area contributed by atoms with Crippen LogP contribution in [0.3, 0.4) is 0 Å². The second-order valence-electron chi connectivity index (χ2n) is 8.80. The van der Waals surface area contributed by atoms with Gasteiger partial charge < -0.3 is 9.64 Å². The van der Waals surface area contributed by atoms with E-state index in [2.05, 4.69) is 0 Å². The van der Waals surface area contributed by atoms with E-state index in [0.29, 0.717) is 17.7 Å². The molecule has 2 aromatic carbocycles. The molecule has 0 saturated heterocycles. The highest BCUT2D eigenvalue weighted by atomic mass is 32.2. The van der Waals surface area contributed by atoms with Crippen LogP contribution in [0.4, 0.5) is 5.69 Å². The maximum Gasteiger partial charge on any atom is 0.313 e. The van der Waals surface area contributed by atoms with Crippen LogP contribution in [0.5, 0.6) is 0 Å². The van der Waals surface area contributed by atoms with E-state index < -0.39 is 21.4 Å². The summed E-state index contributed by atoms with van der Waals surface area (Å²) in [6, 6.07) is 12.5. The number of benzene rings is 2. The summed E-state index contributed by atoms with van der Waals surface area (Å²) in [4.78, 5) is 26.9. The van der Waals surface area contributed by atoms with Gasteiger partial charge in [0.25, 0.3) is 5.91 Å². The predicted octanol–water partition coefficient (Wildman–Crippen LogP) is 3.84. The largest absolute Gasteiger partial charge is 0.460 e. The van der Waals surface area contributed by atoms with Gasteiger partial charge in [-0.3, -0.25) is 9.59 Å². The van der Waals surface area contributed by atoms with Gasteiger partial charge in [0.1, 0.15) is 5.60 Å². The Morgan fingerprint density at radius 3 is 2.33 bits per heavy atom. The molecule has 1 unspecified atom stereocenters. The minimum absolute atomic E-state index is 0.0924. The van der Waals surface area contributed by atoms with Crippen molar-refractivity contribution in [1.29, 1.82) is 0 Å². The number of rotatable bonds is 5. The Morgan fingerprint density at radius 1 is 1.13 bits per heavy atom. The topological polar surface area (TPSA) is 80.8 Å². The fraction of sp³-hybridized carbons (Fsp3) is 0.391. The van der Waals surface area contributed by atoms with Crippen LogP contribution in [-0.2, 0) is 31.7 Å².